The number of rotatable bonds is 4. The lowest BCUT2D eigenvalue weighted by molar-refractivity contribution is -0.442. The second kappa shape index (κ2) is 5.00. The summed E-state index contributed by atoms with van der Waals surface area (Å²) < 4.78 is 83.5. The van der Waals surface area contributed by atoms with Crippen molar-refractivity contribution in [2.45, 2.75) is 18.1 Å². The van der Waals surface area contributed by atoms with Crippen LogP contribution in [0.25, 0.3) is 0 Å². The van der Waals surface area contributed by atoms with E-state index in [0.29, 0.717) is 14.2 Å². The molecule has 11 heteroatoms. The fourth-order valence-corrected chi connectivity index (χ4v) is 0.818. The Kier molecular flexibility index (Phi) is 4.58. The molecule has 0 spiro atoms. The molecule has 0 fully saturated rings. The van der Waals surface area contributed by atoms with Gasteiger partial charge in [-0.15, -0.1) is 13.2 Å². The third kappa shape index (κ3) is 3.03. The van der Waals surface area contributed by atoms with E-state index in [-0.39, 0.29) is 0 Å². The number of hydrogen-bond donors (Lipinski definition) is 0. The number of halogens is 6. The molecule has 18 heavy (non-hydrogen) atoms. The summed E-state index contributed by atoms with van der Waals surface area (Å²) in [5, 5.41) is 0. The van der Waals surface area contributed by atoms with E-state index < -0.39 is 30.1 Å². The Balaban J connectivity index is 5.58. The molecule has 5 nitrogen and oxygen atoms in total. The molecule has 0 rings (SSSR count). The van der Waals surface area contributed by atoms with E-state index >= 15 is 0 Å². The molecule has 0 heterocycles. The third-order valence-corrected chi connectivity index (χ3v) is 1.58. The highest BCUT2D eigenvalue weighted by molar-refractivity contribution is 6.04. The lowest BCUT2D eigenvalue weighted by Crippen LogP contribution is -2.60. The average Bonchev–Trinajstić information content (AvgIpc) is 2.21. The maximum atomic E-state index is 13.6. The van der Waals surface area contributed by atoms with E-state index in [2.05, 4.69) is 14.2 Å². The van der Waals surface area contributed by atoms with E-state index in [0.717, 1.165) is 0 Å². The number of carbonyl (C=O) groups is 2. The standard InChI is InChI=1S/C7H6F6O5/c1-16-3(14)5(8,4(15)17-2)6(9,10)18-7(11,12)13/h1-2H3. The van der Waals surface area contributed by atoms with Gasteiger partial charge in [0.2, 0.25) is 0 Å². The summed E-state index contributed by atoms with van der Waals surface area (Å²) in [5.41, 5.74) is -5.08. The minimum Gasteiger partial charge on any atom is -0.466 e. The molecule has 0 saturated carbocycles. The van der Waals surface area contributed by atoms with Crippen LogP contribution in [-0.4, -0.2) is 44.3 Å². The number of ether oxygens (including phenoxy) is 3. The van der Waals surface area contributed by atoms with Crippen LogP contribution < -0.4 is 0 Å². The van der Waals surface area contributed by atoms with Crippen molar-refractivity contribution in [2.24, 2.45) is 0 Å². The van der Waals surface area contributed by atoms with Crippen LogP contribution in [0.15, 0.2) is 0 Å². The summed E-state index contributed by atoms with van der Waals surface area (Å²) in [6.07, 6.45) is -11.9. The predicted molar refractivity (Wildman–Crippen MR) is 40.0 cm³/mol. The van der Waals surface area contributed by atoms with E-state index in [9.17, 15) is 35.9 Å². The molecule has 0 aromatic rings. The zero-order chi connectivity index (χ0) is 14.8. The first-order valence-electron chi connectivity index (χ1n) is 3.93. The highest BCUT2D eigenvalue weighted by Crippen LogP contribution is 2.40. The number of carbonyl (C=O) groups excluding carboxylic acids is 2. The summed E-state index contributed by atoms with van der Waals surface area (Å²) in [7, 11) is 0.756. The highest BCUT2D eigenvalue weighted by atomic mass is 19.4. The normalized spacial score (nSPS) is 13.1. The van der Waals surface area contributed by atoms with Crippen LogP contribution in [0.1, 0.15) is 0 Å². The zero-order valence-electron chi connectivity index (χ0n) is 8.81. The van der Waals surface area contributed by atoms with Crippen molar-refractivity contribution < 1.29 is 50.1 Å². The maximum Gasteiger partial charge on any atom is 0.527 e. The summed E-state index contributed by atoms with van der Waals surface area (Å²) in [6.45, 7) is 0. The summed E-state index contributed by atoms with van der Waals surface area (Å²) >= 11 is 0. The summed E-state index contributed by atoms with van der Waals surface area (Å²) in [5.74, 6) is -5.19. The summed E-state index contributed by atoms with van der Waals surface area (Å²) in [6, 6.07) is 0. The van der Waals surface area contributed by atoms with E-state index in [4.69, 9.17) is 0 Å². The lowest BCUT2D eigenvalue weighted by Gasteiger charge is -2.28. The van der Waals surface area contributed by atoms with E-state index in [1.54, 1.807) is 0 Å². The van der Waals surface area contributed by atoms with Crippen LogP contribution in [-0.2, 0) is 23.8 Å². The van der Waals surface area contributed by atoms with Crippen molar-refractivity contribution in [3.63, 3.8) is 0 Å². The van der Waals surface area contributed by atoms with Crippen LogP contribution in [0.5, 0.6) is 0 Å². The molecule has 0 aliphatic carbocycles. The molecular weight excluding hydrogens is 278 g/mol. The molecule has 0 aromatic heterocycles. The van der Waals surface area contributed by atoms with Gasteiger partial charge in [0.25, 0.3) is 0 Å². The molecule has 0 radical (unpaired) electrons. The second-order valence-corrected chi connectivity index (χ2v) is 2.71. The Labute approximate surface area is 95.6 Å². The highest BCUT2D eigenvalue weighted by Gasteiger charge is 2.73. The van der Waals surface area contributed by atoms with Gasteiger partial charge in [0.1, 0.15) is 0 Å². The third-order valence-electron chi connectivity index (χ3n) is 1.58. The number of esters is 2. The Morgan fingerprint density at radius 2 is 1.17 bits per heavy atom. The molecule has 0 unspecified atom stereocenters. The quantitative estimate of drug-likeness (QED) is 0.440. The van der Waals surface area contributed by atoms with Crippen molar-refractivity contribution in [2.75, 3.05) is 14.2 Å². The minimum atomic E-state index is -6.00. The lowest BCUT2D eigenvalue weighted by atomic mass is 10.1. The van der Waals surface area contributed by atoms with Gasteiger partial charge in [0.15, 0.2) is 0 Å². The van der Waals surface area contributed by atoms with Crippen LogP contribution in [0.3, 0.4) is 0 Å². The number of methoxy groups -OCH3 is 2. The van der Waals surface area contributed by atoms with E-state index in [1.165, 1.54) is 0 Å². The summed E-state index contributed by atoms with van der Waals surface area (Å²) in [4.78, 5) is 21.5. The predicted octanol–water partition coefficient (Wildman–Crippen LogP) is 1.17. The Morgan fingerprint density at radius 1 is 0.833 bits per heavy atom. The molecule has 0 saturated heterocycles. The smallest absolute Gasteiger partial charge is 0.466 e. The Bertz CT molecular complexity index is 322. The van der Waals surface area contributed by atoms with Crippen LogP contribution >= 0.6 is 0 Å². The largest absolute Gasteiger partial charge is 0.527 e. The molecular formula is C7H6F6O5. The fourth-order valence-electron chi connectivity index (χ4n) is 0.818. The fraction of sp³-hybridized carbons (Fsp3) is 0.714. The van der Waals surface area contributed by atoms with Gasteiger partial charge in [0.05, 0.1) is 14.2 Å². The monoisotopic (exact) mass is 284 g/mol. The SMILES string of the molecule is COC(=O)C(F)(C(=O)OC)C(F)(F)OC(F)(F)F. The van der Waals surface area contributed by atoms with Gasteiger partial charge in [-0.25, -0.2) is 18.7 Å². The minimum absolute atomic E-state index is 0.378. The van der Waals surface area contributed by atoms with Crippen LogP contribution in [0.2, 0.25) is 0 Å². The molecule has 0 aliphatic rings. The molecule has 0 aliphatic heterocycles. The molecule has 0 N–H and O–H groups in total. The first kappa shape index (κ1) is 16.5. The van der Waals surface area contributed by atoms with Gasteiger partial charge in [-0.1, -0.05) is 0 Å². The molecule has 0 amide bonds. The second-order valence-electron chi connectivity index (χ2n) is 2.71. The molecule has 0 bridgehead atoms. The number of hydrogen-bond acceptors (Lipinski definition) is 5. The topological polar surface area (TPSA) is 61.8 Å². The van der Waals surface area contributed by atoms with Gasteiger partial charge < -0.3 is 9.47 Å². The Morgan fingerprint density at radius 3 is 1.39 bits per heavy atom. The van der Waals surface area contributed by atoms with Crippen LogP contribution in [0, 0.1) is 0 Å². The van der Waals surface area contributed by atoms with Crippen LogP contribution in [0.4, 0.5) is 26.3 Å². The molecule has 0 atom stereocenters. The van der Waals surface area contributed by atoms with Gasteiger partial charge in [-0.2, -0.15) is 8.78 Å². The van der Waals surface area contributed by atoms with Crippen molar-refractivity contribution in [3.05, 3.63) is 0 Å². The van der Waals surface area contributed by atoms with Crippen molar-refractivity contribution in [3.8, 4) is 0 Å². The average molecular weight is 284 g/mol. The first-order valence-corrected chi connectivity index (χ1v) is 3.93. The van der Waals surface area contributed by atoms with E-state index in [1.807, 2.05) is 0 Å². The van der Waals surface area contributed by atoms with Gasteiger partial charge in [0, 0.05) is 0 Å². The molecule has 106 valence electrons. The van der Waals surface area contributed by atoms with Crippen molar-refractivity contribution in [1.29, 1.82) is 0 Å². The maximum absolute atomic E-state index is 13.6. The van der Waals surface area contributed by atoms with Gasteiger partial charge in [-0.05, 0) is 0 Å². The Hall–Kier alpha value is -1.52. The van der Waals surface area contributed by atoms with Crippen molar-refractivity contribution >= 4 is 11.9 Å². The zero-order valence-corrected chi connectivity index (χ0v) is 8.81. The first-order chi connectivity index (χ1) is 7.92. The molecule has 0 aromatic carbocycles. The number of alkyl halides is 6. The van der Waals surface area contributed by atoms with Crippen molar-refractivity contribution in [1.82, 2.24) is 0 Å². The van der Waals surface area contributed by atoms with Gasteiger partial charge in [-0.3, -0.25) is 0 Å². The van der Waals surface area contributed by atoms with Gasteiger partial charge >= 0.3 is 30.1 Å².